The van der Waals surface area contributed by atoms with Gasteiger partial charge in [-0.05, 0) is 65.1 Å². The van der Waals surface area contributed by atoms with Gasteiger partial charge in [-0.15, -0.1) is 0 Å². The van der Waals surface area contributed by atoms with E-state index < -0.39 is 29.1 Å². The number of ether oxygens (including phenoxy) is 7. The molecule has 0 bridgehead atoms. The quantitative estimate of drug-likeness (QED) is 0.174. The summed E-state index contributed by atoms with van der Waals surface area (Å²) in [4.78, 5) is 28.2. The van der Waals surface area contributed by atoms with E-state index in [4.69, 9.17) is 37.6 Å². The summed E-state index contributed by atoms with van der Waals surface area (Å²) < 4.78 is 45.0. The van der Waals surface area contributed by atoms with Crippen molar-refractivity contribution in [2.24, 2.45) is 0 Å². The molecule has 272 valence electrons. The maximum Gasteiger partial charge on any atom is 0.306 e. The van der Waals surface area contributed by atoms with E-state index in [0.717, 1.165) is 16.7 Å². The first-order valence-corrected chi connectivity index (χ1v) is 16.1. The molecule has 13 heteroatoms. The molecule has 0 fully saturated rings. The molecule has 0 radical (unpaired) electrons. The molecular formula is C38H43NO12. The van der Waals surface area contributed by atoms with Gasteiger partial charge in [0.2, 0.25) is 16.9 Å². The number of aliphatic hydroxyl groups excluding tert-OH is 1. The molecule has 1 aliphatic heterocycles. The lowest BCUT2D eigenvalue weighted by atomic mass is 9.87. The zero-order valence-electron chi connectivity index (χ0n) is 29.7. The summed E-state index contributed by atoms with van der Waals surface area (Å²) in [5.41, 5.74) is 3.04. The molecule has 0 saturated heterocycles. The monoisotopic (exact) mass is 705 g/mol. The number of nitrogens with zero attached hydrogens (tertiary/aromatic N) is 1. The normalized spacial score (nSPS) is 14.6. The molecule has 1 aliphatic rings. The summed E-state index contributed by atoms with van der Waals surface area (Å²) in [5, 5.41) is 21.1. The van der Waals surface area contributed by atoms with Crippen LogP contribution in [0.15, 0.2) is 57.7 Å². The number of methoxy groups -OCH3 is 7. The van der Waals surface area contributed by atoms with Crippen molar-refractivity contribution in [1.29, 1.82) is 0 Å². The van der Waals surface area contributed by atoms with Crippen molar-refractivity contribution >= 4 is 5.97 Å². The third-order valence-corrected chi connectivity index (χ3v) is 9.13. The number of rotatable bonds is 14. The van der Waals surface area contributed by atoms with E-state index in [1.165, 1.54) is 27.4 Å². The lowest BCUT2D eigenvalue weighted by molar-refractivity contribution is -0.140. The number of aliphatic hydroxyl groups is 1. The number of fused-ring (bicyclic) bond motifs is 1. The molecule has 2 heterocycles. The molecule has 51 heavy (non-hydrogen) atoms. The Balaban J connectivity index is 1.65. The Kier molecular flexibility index (Phi) is 11.6. The van der Waals surface area contributed by atoms with Gasteiger partial charge >= 0.3 is 5.97 Å². The van der Waals surface area contributed by atoms with Crippen LogP contribution in [0.25, 0.3) is 0 Å². The molecule has 5 rings (SSSR count). The summed E-state index contributed by atoms with van der Waals surface area (Å²) >= 11 is 0. The van der Waals surface area contributed by atoms with Crippen molar-refractivity contribution < 1.29 is 52.6 Å². The Morgan fingerprint density at radius 2 is 1.49 bits per heavy atom. The van der Waals surface area contributed by atoms with Crippen LogP contribution in [0, 0.1) is 0 Å². The predicted octanol–water partition coefficient (Wildman–Crippen LogP) is 4.73. The van der Waals surface area contributed by atoms with Crippen molar-refractivity contribution in [3.63, 3.8) is 0 Å². The summed E-state index contributed by atoms with van der Waals surface area (Å²) in [5.74, 6) is 0.946. The second kappa shape index (κ2) is 16.1. The fourth-order valence-corrected chi connectivity index (χ4v) is 6.64. The molecule has 2 atom stereocenters. The number of esters is 1. The number of aromatic hydroxyl groups is 1. The average molecular weight is 706 g/mol. The van der Waals surface area contributed by atoms with Gasteiger partial charge in [-0.25, -0.2) is 0 Å². The van der Waals surface area contributed by atoms with Gasteiger partial charge in [-0.1, -0.05) is 6.07 Å². The highest BCUT2D eigenvalue weighted by Gasteiger charge is 2.34. The number of hydrogen-bond acceptors (Lipinski definition) is 13. The van der Waals surface area contributed by atoms with E-state index in [0.29, 0.717) is 58.6 Å². The highest BCUT2D eigenvalue weighted by molar-refractivity contribution is 5.71. The Hall–Kier alpha value is -5.40. The zero-order valence-corrected chi connectivity index (χ0v) is 29.7. The topological polar surface area (TPSA) is 156 Å². The van der Waals surface area contributed by atoms with E-state index in [-0.39, 0.29) is 31.1 Å². The Bertz CT molecular complexity index is 1910. The van der Waals surface area contributed by atoms with Crippen molar-refractivity contribution in [2.45, 2.75) is 38.0 Å². The highest BCUT2D eigenvalue weighted by Crippen LogP contribution is 2.46. The molecule has 0 unspecified atom stereocenters. The summed E-state index contributed by atoms with van der Waals surface area (Å²) in [6.07, 6.45) is 0.382. The molecule has 3 aromatic carbocycles. The van der Waals surface area contributed by atoms with Crippen LogP contribution in [-0.4, -0.2) is 77.4 Å². The summed E-state index contributed by atoms with van der Waals surface area (Å²) in [6, 6.07) is 13.4. The molecule has 0 spiro atoms. The SMILES string of the molecule is COC(=O)C[C@H](c1ccc(OC)c(CO)c1)c1oc(CN2CCc3cc(OC)c(OC)cc3[C@@H]2c2cc(OC)c(OC)c(OC)c2)cc(=O)c1O. The molecule has 2 N–H and O–H groups in total. The van der Waals surface area contributed by atoms with Gasteiger partial charge in [0.05, 0.1) is 81.3 Å². The van der Waals surface area contributed by atoms with Crippen LogP contribution in [0.1, 0.15) is 57.7 Å². The van der Waals surface area contributed by atoms with Gasteiger partial charge in [-0.3, -0.25) is 14.5 Å². The molecule has 0 amide bonds. The van der Waals surface area contributed by atoms with E-state index in [1.807, 2.05) is 24.3 Å². The minimum absolute atomic E-state index is 0.106. The lowest BCUT2D eigenvalue weighted by Gasteiger charge is -2.38. The minimum Gasteiger partial charge on any atom is -0.502 e. The summed E-state index contributed by atoms with van der Waals surface area (Å²) in [7, 11) is 10.5. The largest absolute Gasteiger partial charge is 0.502 e. The molecule has 1 aromatic heterocycles. The van der Waals surface area contributed by atoms with Crippen LogP contribution in [0.4, 0.5) is 0 Å². The van der Waals surface area contributed by atoms with Crippen LogP contribution < -0.4 is 33.8 Å². The van der Waals surface area contributed by atoms with Gasteiger partial charge in [-0.2, -0.15) is 0 Å². The van der Waals surface area contributed by atoms with Gasteiger partial charge in [0, 0.05) is 18.2 Å². The van der Waals surface area contributed by atoms with Crippen molar-refractivity contribution in [1.82, 2.24) is 4.90 Å². The Morgan fingerprint density at radius 1 is 0.843 bits per heavy atom. The number of carbonyl (C=O) groups is 1. The number of hydrogen-bond donors (Lipinski definition) is 2. The van der Waals surface area contributed by atoms with Crippen LogP contribution in [0.2, 0.25) is 0 Å². The van der Waals surface area contributed by atoms with Crippen LogP contribution in [0.3, 0.4) is 0 Å². The standard InChI is InChI=1S/C38H43NO12/c1-44-29-9-8-21(12-24(29)20-40)27(18-34(42)49-6)37-36(43)28(41)16-25(51-37)19-39-11-10-22-13-30(45-2)31(46-3)17-26(22)35(39)23-14-32(47-4)38(50-7)33(15-23)48-5/h8-9,12-17,27,35,40,43H,10-11,18-20H2,1-7H3/t27-,35+/m1/s1. The fraction of sp³-hybridized carbons (Fsp3) is 0.368. The van der Waals surface area contributed by atoms with E-state index >= 15 is 0 Å². The van der Waals surface area contributed by atoms with Crippen molar-refractivity contribution in [3.05, 3.63) is 98.1 Å². The molecule has 0 saturated carbocycles. The number of benzene rings is 3. The van der Waals surface area contributed by atoms with Crippen molar-refractivity contribution in [3.8, 4) is 40.2 Å². The number of carbonyl (C=O) groups excluding carboxylic acids is 1. The third kappa shape index (κ3) is 7.40. The predicted molar refractivity (Wildman–Crippen MR) is 186 cm³/mol. The van der Waals surface area contributed by atoms with Crippen molar-refractivity contribution in [2.75, 3.05) is 56.3 Å². The van der Waals surface area contributed by atoms with E-state index in [1.54, 1.807) is 46.6 Å². The van der Waals surface area contributed by atoms with Crippen LogP contribution in [-0.2, 0) is 29.1 Å². The second-order valence-electron chi connectivity index (χ2n) is 11.8. The lowest BCUT2D eigenvalue weighted by Crippen LogP contribution is -2.36. The van der Waals surface area contributed by atoms with Gasteiger partial charge in [0.1, 0.15) is 11.5 Å². The van der Waals surface area contributed by atoms with E-state index in [9.17, 15) is 19.8 Å². The molecule has 13 nitrogen and oxygen atoms in total. The van der Waals surface area contributed by atoms with Gasteiger partial charge < -0.3 is 47.8 Å². The highest BCUT2D eigenvalue weighted by atomic mass is 16.5. The second-order valence-corrected chi connectivity index (χ2v) is 11.8. The minimum atomic E-state index is -0.925. The zero-order chi connectivity index (χ0) is 36.8. The average Bonchev–Trinajstić information content (AvgIpc) is 3.16. The maximum absolute atomic E-state index is 13.4. The van der Waals surface area contributed by atoms with Crippen LogP contribution in [0.5, 0.6) is 40.2 Å². The maximum atomic E-state index is 13.4. The third-order valence-electron chi connectivity index (χ3n) is 9.13. The van der Waals surface area contributed by atoms with Crippen LogP contribution >= 0.6 is 0 Å². The van der Waals surface area contributed by atoms with Gasteiger partial charge in [0.15, 0.2) is 28.8 Å². The first-order chi connectivity index (χ1) is 24.6. The van der Waals surface area contributed by atoms with E-state index in [2.05, 4.69) is 4.90 Å². The Morgan fingerprint density at radius 3 is 2.08 bits per heavy atom. The molecular weight excluding hydrogens is 662 g/mol. The molecule has 0 aliphatic carbocycles. The smallest absolute Gasteiger partial charge is 0.306 e. The fourth-order valence-electron chi connectivity index (χ4n) is 6.64. The van der Waals surface area contributed by atoms with Gasteiger partial charge in [0.25, 0.3) is 0 Å². The first-order valence-electron chi connectivity index (χ1n) is 16.1. The summed E-state index contributed by atoms with van der Waals surface area (Å²) in [6.45, 7) is 0.327. The Labute approximate surface area is 295 Å². The molecule has 4 aromatic rings. The first kappa shape index (κ1) is 36.9.